The molecule has 0 bridgehead atoms. The average Bonchev–Trinajstić information content (AvgIpc) is 3.22. The molecule has 1 fully saturated rings. The first kappa shape index (κ1) is 15.5. The highest BCUT2D eigenvalue weighted by atomic mass is 16.2. The van der Waals surface area contributed by atoms with Crippen LogP contribution in [0.15, 0.2) is 15.9 Å². The van der Waals surface area contributed by atoms with Gasteiger partial charge in [0.15, 0.2) is 11.2 Å². The number of fused-ring (bicyclic) bond motifs is 1. The lowest BCUT2D eigenvalue weighted by atomic mass is 10.0. The fraction of sp³-hybridized carbons (Fsp3) is 0.600. The van der Waals surface area contributed by atoms with E-state index >= 15 is 0 Å². The van der Waals surface area contributed by atoms with Crippen LogP contribution < -0.4 is 16.6 Å². The van der Waals surface area contributed by atoms with E-state index in [0.717, 1.165) is 23.8 Å². The van der Waals surface area contributed by atoms with Gasteiger partial charge in [-0.15, -0.1) is 0 Å². The third kappa shape index (κ3) is 2.58. The van der Waals surface area contributed by atoms with E-state index in [1.54, 1.807) is 18.7 Å². The summed E-state index contributed by atoms with van der Waals surface area (Å²) in [4.78, 5) is 41.0. The van der Waals surface area contributed by atoms with Gasteiger partial charge >= 0.3 is 5.69 Å². The minimum atomic E-state index is -0.534. The van der Waals surface area contributed by atoms with Gasteiger partial charge in [-0.25, -0.2) is 14.3 Å². The summed E-state index contributed by atoms with van der Waals surface area (Å²) in [5.41, 5.74) is -0.172. The monoisotopic (exact) mass is 319 g/mol. The molecule has 0 radical (unpaired) electrons. The topological polar surface area (TPSA) is 90.9 Å². The summed E-state index contributed by atoms with van der Waals surface area (Å²) >= 11 is 0. The second-order valence-electron chi connectivity index (χ2n) is 6.39. The van der Waals surface area contributed by atoms with Crippen LogP contribution in [0.25, 0.3) is 11.2 Å². The Labute approximate surface area is 132 Å². The van der Waals surface area contributed by atoms with Crippen LogP contribution in [0.1, 0.15) is 26.2 Å². The zero-order valence-corrected chi connectivity index (χ0v) is 13.6. The van der Waals surface area contributed by atoms with Gasteiger partial charge in [0, 0.05) is 20.6 Å². The Bertz CT molecular complexity index is 885. The summed E-state index contributed by atoms with van der Waals surface area (Å²) in [5.74, 6) is -0.314. The van der Waals surface area contributed by atoms with Crippen LogP contribution in [-0.2, 0) is 25.4 Å². The molecule has 8 heteroatoms. The van der Waals surface area contributed by atoms with Crippen LogP contribution in [0.3, 0.4) is 0 Å². The number of aryl methyl sites for hydroxylation is 2. The molecule has 1 amide bonds. The highest BCUT2D eigenvalue weighted by molar-refractivity contribution is 5.76. The van der Waals surface area contributed by atoms with Crippen LogP contribution in [0.2, 0.25) is 0 Å². The Morgan fingerprint density at radius 3 is 2.65 bits per heavy atom. The maximum absolute atomic E-state index is 12.5. The van der Waals surface area contributed by atoms with Crippen LogP contribution in [0.5, 0.6) is 0 Å². The third-order valence-electron chi connectivity index (χ3n) is 4.87. The normalized spacial score (nSPS) is 15.8. The van der Waals surface area contributed by atoms with E-state index in [0.29, 0.717) is 17.7 Å². The molecule has 1 N–H and O–H groups in total. The smallest absolute Gasteiger partial charge is 0.332 e. The van der Waals surface area contributed by atoms with Crippen molar-refractivity contribution in [3.8, 4) is 0 Å². The van der Waals surface area contributed by atoms with Crippen LogP contribution in [-0.4, -0.2) is 31.1 Å². The van der Waals surface area contributed by atoms with E-state index in [2.05, 4.69) is 17.2 Å². The summed E-state index contributed by atoms with van der Waals surface area (Å²) in [7, 11) is 3.23. The molecule has 1 aliphatic carbocycles. The number of rotatable bonds is 5. The number of amides is 1. The molecule has 0 spiro atoms. The molecule has 2 heterocycles. The molecule has 0 saturated heterocycles. The number of nitrogens with one attached hydrogen (secondary N) is 1. The number of carbonyl (C=O) groups is 1. The van der Waals surface area contributed by atoms with E-state index in [9.17, 15) is 14.4 Å². The number of aromatic nitrogens is 4. The van der Waals surface area contributed by atoms with Gasteiger partial charge in [0.25, 0.3) is 5.56 Å². The number of hydrogen-bond acceptors (Lipinski definition) is 4. The van der Waals surface area contributed by atoms with E-state index in [1.165, 1.54) is 10.9 Å². The van der Waals surface area contributed by atoms with Crippen molar-refractivity contribution in [2.75, 3.05) is 6.54 Å². The fourth-order valence-electron chi connectivity index (χ4n) is 2.85. The summed E-state index contributed by atoms with van der Waals surface area (Å²) in [6.07, 6.45) is 4.74. The van der Waals surface area contributed by atoms with Crippen molar-refractivity contribution in [2.24, 2.45) is 19.5 Å². The average molecular weight is 319 g/mol. The molecule has 2 aromatic heterocycles. The second-order valence-corrected chi connectivity index (χ2v) is 6.39. The number of hydrogen-bond donors (Lipinski definition) is 1. The summed E-state index contributed by atoms with van der Waals surface area (Å²) in [5, 5.41) is 2.85. The van der Waals surface area contributed by atoms with E-state index in [1.807, 2.05) is 0 Å². The number of carbonyl (C=O) groups excluding carboxylic acids is 1. The predicted octanol–water partition coefficient (Wildman–Crippen LogP) is -0.260. The highest BCUT2D eigenvalue weighted by Crippen LogP contribution is 2.47. The largest absolute Gasteiger partial charge is 0.354 e. The van der Waals surface area contributed by atoms with Gasteiger partial charge in [-0.3, -0.25) is 14.2 Å². The van der Waals surface area contributed by atoms with Gasteiger partial charge < -0.3 is 9.88 Å². The first-order valence-corrected chi connectivity index (χ1v) is 7.76. The molecular weight excluding hydrogens is 298 g/mol. The third-order valence-corrected chi connectivity index (χ3v) is 4.87. The zero-order chi connectivity index (χ0) is 16.8. The quantitative estimate of drug-likeness (QED) is 0.822. The van der Waals surface area contributed by atoms with Crippen molar-refractivity contribution >= 4 is 17.1 Å². The highest BCUT2D eigenvalue weighted by Gasteiger charge is 2.40. The molecule has 0 aromatic carbocycles. The van der Waals surface area contributed by atoms with Gasteiger partial charge in [0.2, 0.25) is 5.91 Å². The summed E-state index contributed by atoms with van der Waals surface area (Å²) < 4.78 is 3.81. The van der Waals surface area contributed by atoms with E-state index < -0.39 is 11.2 Å². The molecule has 0 unspecified atom stereocenters. The first-order valence-electron chi connectivity index (χ1n) is 7.76. The van der Waals surface area contributed by atoms with Gasteiger partial charge in [-0.1, -0.05) is 6.92 Å². The molecule has 1 aliphatic rings. The second kappa shape index (κ2) is 5.36. The van der Waals surface area contributed by atoms with Gasteiger partial charge in [0.05, 0.1) is 6.33 Å². The Balaban J connectivity index is 1.88. The van der Waals surface area contributed by atoms with Crippen molar-refractivity contribution in [1.29, 1.82) is 0 Å². The number of nitrogens with zero attached hydrogens (tertiary/aromatic N) is 4. The van der Waals surface area contributed by atoms with Gasteiger partial charge in [-0.2, -0.15) is 0 Å². The van der Waals surface area contributed by atoms with E-state index in [-0.39, 0.29) is 17.9 Å². The minimum Gasteiger partial charge on any atom is -0.354 e. The van der Waals surface area contributed by atoms with E-state index in [4.69, 9.17) is 0 Å². The minimum absolute atomic E-state index is 0.220. The Kier molecular flexibility index (Phi) is 3.62. The number of imidazole rings is 1. The molecular formula is C15H21N5O3. The lowest BCUT2D eigenvalue weighted by Crippen LogP contribution is -2.44. The molecule has 1 saturated carbocycles. The lowest BCUT2D eigenvalue weighted by Gasteiger charge is -2.14. The predicted molar refractivity (Wildman–Crippen MR) is 85.2 cm³/mol. The van der Waals surface area contributed by atoms with Crippen LogP contribution in [0.4, 0.5) is 0 Å². The summed E-state index contributed by atoms with van der Waals surface area (Å²) in [6, 6.07) is 0. The van der Waals surface area contributed by atoms with Gasteiger partial charge in [0.1, 0.15) is 6.54 Å². The molecule has 8 nitrogen and oxygen atoms in total. The molecule has 0 aliphatic heterocycles. The standard InChI is InChI=1S/C15H21N5O3/c1-4-15(5-6-15)8-16-10(21)7-20-13(22)11-12(17-9-18(11)2)19(3)14(20)23/h9H,4-8H2,1-3H3,(H,16,21). The van der Waals surface area contributed by atoms with Crippen molar-refractivity contribution < 1.29 is 4.79 Å². The fourth-order valence-corrected chi connectivity index (χ4v) is 2.85. The molecule has 0 atom stereocenters. The van der Waals surface area contributed by atoms with Crippen molar-refractivity contribution in [2.45, 2.75) is 32.7 Å². The first-order chi connectivity index (χ1) is 10.9. The maximum atomic E-state index is 12.5. The molecule has 124 valence electrons. The van der Waals surface area contributed by atoms with Crippen LogP contribution >= 0.6 is 0 Å². The zero-order valence-electron chi connectivity index (χ0n) is 13.6. The molecule has 3 rings (SSSR count). The molecule has 23 heavy (non-hydrogen) atoms. The summed E-state index contributed by atoms with van der Waals surface area (Å²) in [6.45, 7) is 2.44. The Morgan fingerprint density at radius 1 is 1.35 bits per heavy atom. The Morgan fingerprint density at radius 2 is 2.04 bits per heavy atom. The van der Waals surface area contributed by atoms with Crippen molar-refractivity contribution in [3.63, 3.8) is 0 Å². The Hall–Kier alpha value is -2.38. The maximum Gasteiger partial charge on any atom is 0.332 e. The van der Waals surface area contributed by atoms with Crippen molar-refractivity contribution in [1.82, 2.24) is 24.0 Å². The lowest BCUT2D eigenvalue weighted by molar-refractivity contribution is -0.122. The SMILES string of the molecule is CCC1(CNC(=O)Cn2c(=O)c3c(ncn3C)n(C)c2=O)CC1. The molecule has 2 aromatic rings. The van der Waals surface area contributed by atoms with Crippen LogP contribution in [0, 0.1) is 5.41 Å². The van der Waals surface area contributed by atoms with Crippen molar-refractivity contribution in [3.05, 3.63) is 27.2 Å². The van der Waals surface area contributed by atoms with Gasteiger partial charge in [-0.05, 0) is 24.7 Å².